The smallest absolute Gasteiger partial charge is 0.262 e. The first kappa shape index (κ1) is 16.1. The minimum Gasteiger partial charge on any atom is -0.482 e. The van der Waals surface area contributed by atoms with Crippen LogP contribution in [0.2, 0.25) is 5.02 Å². The number of nitrogens with one attached hydrogen (secondary N) is 1. The number of hydrogen-bond donors (Lipinski definition) is 1. The van der Waals surface area contributed by atoms with E-state index in [0.29, 0.717) is 6.07 Å². The number of benzene rings is 2. The summed E-state index contributed by atoms with van der Waals surface area (Å²) in [5.74, 6) is -5.95. The predicted molar refractivity (Wildman–Crippen MR) is 71.9 cm³/mol. The van der Waals surface area contributed by atoms with Gasteiger partial charge in [0.2, 0.25) is 0 Å². The standard InChI is InChI=1S/C14H8ClF4NO2/c15-8-5-7(16)1-4-11(8)22-6-12(21)20-10-3-2-9(17)13(18)14(10)19/h1-5H,6H2,(H,20,21). The van der Waals surface area contributed by atoms with Crippen LogP contribution in [0.3, 0.4) is 0 Å². The Morgan fingerprint density at radius 3 is 2.50 bits per heavy atom. The van der Waals surface area contributed by atoms with Crippen LogP contribution in [0.1, 0.15) is 0 Å². The second-order valence-corrected chi connectivity index (χ2v) is 4.54. The highest BCUT2D eigenvalue weighted by atomic mass is 35.5. The second-order valence-electron chi connectivity index (χ2n) is 4.13. The molecule has 2 aromatic carbocycles. The van der Waals surface area contributed by atoms with Gasteiger partial charge in [0.1, 0.15) is 11.6 Å². The molecule has 22 heavy (non-hydrogen) atoms. The maximum Gasteiger partial charge on any atom is 0.262 e. The Balaban J connectivity index is 2.00. The topological polar surface area (TPSA) is 38.3 Å². The minimum absolute atomic E-state index is 0.0453. The van der Waals surface area contributed by atoms with Gasteiger partial charge >= 0.3 is 0 Å². The highest BCUT2D eigenvalue weighted by Gasteiger charge is 2.15. The van der Waals surface area contributed by atoms with Crippen LogP contribution in [0.25, 0.3) is 0 Å². The van der Waals surface area contributed by atoms with E-state index in [1.54, 1.807) is 0 Å². The number of hydrogen-bond acceptors (Lipinski definition) is 2. The quantitative estimate of drug-likeness (QED) is 0.680. The first-order chi connectivity index (χ1) is 10.4. The van der Waals surface area contributed by atoms with Gasteiger partial charge in [0.25, 0.3) is 5.91 Å². The zero-order valence-corrected chi connectivity index (χ0v) is 11.6. The monoisotopic (exact) mass is 333 g/mol. The molecule has 3 nitrogen and oxygen atoms in total. The molecule has 0 aliphatic carbocycles. The predicted octanol–water partition coefficient (Wildman–Crippen LogP) is 3.91. The molecule has 0 aromatic heterocycles. The molecule has 0 radical (unpaired) electrons. The molecule has 2 aromatic rings. The Morgan fingerprint density at radius 2 is 1.82 bits per heavy atom. The van der Waals surface area contributed by atoms with Gasteiger partial charge in [-0.2, -0.15) is 0 Å². The summed E-state index contributed by atoms with van der Waals surface area (Å²) in [5, 5.41) is 1.97. The fourth-order valence-electron chi connectivity index (χ4n) is 1.54. The van der Waals surface area contributed by atoms with Crippen molar-refractivity contribution in [3.05, 3.63) is 58.6 Å². The molecule has 1 amide bonds. The van der Waals surface area contributed by atoms with E-state index in [1.807, 2.05) is 5.32 Å². The first-order valence-corrected chi connectivity index (χ1v) is 6.27. The van der Waals surface area contributed by atoms with Gasteiger partial charge in [0.15, 0.2) is 24.1 Å². The van der Waals surface area contributed by atoms with E-state index in [9.17, 15) is 22.4 Å². The molecule has 2 rings (SSSR count). The molecule has 0 aliphatic heterocycles. The van der Waals surface area contributed by atoms with Crippen molar-refractivity contribution in [2.45, 2.75) is 0 Å². The van der Waals surface area contributed by atoms with E-state index < -0.39 is 41.5 Å². The molecule has 116 valence electrons. The summed E-state index contributed by atoms with van der Waals surface area (Å²) in [4.78, 5) is 11.6. The first-order valence-electron chi connectivity index (χ1n) is 5.89. The van der Waals surface area contributed by atoms with Crippen molar-refractivity contribution in [2.24, 2.45) is 0 Å². The summed E-state index contributed by atoms with van der Waals surface area (Å²) in [6.45, 7) is -0.580. The van der Waals surface area contributed by atoms with E-state index in [2.05, 4.69) is 0 Å². The molecule has 0 fully saturated rings. The van der Waals surface area contributed by atoms with Crippen LogP contribution in [0.15, 0.2) is 30.3 Å². The van der Waals surface area contributed by atoms with Crippen LogP contribution in [-0.4, -0.2) is 12.5 Å². The number of ether oxygens (including phenoxy) is 1. The number of carbonyl (C=O) groups is 1. The van der Waals surface area contributed by atoms with E-state index in [0.717, 1.165) is 18.2 Å². The molecule has 0 bridgehead atoms. The van der Waals surface area contributed by atoms with Gasteiger partial charge in [0.05, 0.1) is 10.7 Å². The van der Waals surface area contributed by atoms with E-state index in [-0.39, 0.29) is 10.8 Å². The lowest BCUT2D eigenvalue weighted by atomic mass is 10.3. The number of amides is 1. The van der Waals surface area contributed by atoms with Crippen LogP contribution in [-0.2, 0) is 4.79 Å². The van der Waals surface area contributed by atoms with Crippen molar-refractivity contribution in [3.63, 3.8) is 0 Å². The summed E-state index contributed by atoms with van der Waals surface area (Å²) in [5.41, 5.74) is -0.530. The summed E-state index contributed by atoms with van der Waals surface area (Å²) >= 11 is 5.69. The normalized spacial score (nSPS) is 10.4. The van der Waals surface area contributed by atoms with Gasteiger partial charge in [-0.25, -0.2) is 17.6 Å². The molecule has 0 unspecified atom stereocenters. The Labute approximate surface area is 127 Å². The zero-order chi connectivity index (χ0) is 16.3. The van der Waals surface area contributed by atoms with Crippen LogP contribution in [0, 0.1) is 23.3 Å². The molecule has 1 N–H and O–H groups in total. The van der Waals surface area contributed by atoms with Crippen molar-refractivity contribution in [1.82, 2.24) is 0 Å². The average Bonchev–Trinajstić information content (AvgIpc) is 2.47. The van der Waals surface area contributed by atoms with Gasteiger partial charge in [-0.05, 0) is 30.3 Å². The third-order valence-electron chi connectivity index (χ3n) is 2.56. The molecule has 0 atom stereocenters. The van der Waals surface area contributed by atoms with Gasteiger partial charge in [-0.15, -0.1) is 0 Å². The van der Waals surface area contributed by atoms with Crippen molar-refractivity contribution in [3.8, 4) is 5.75 Å². The van der Waals surface area contributed by atoms with Crippen LogP contribution in [0.4, 0.5) is 23.2 Å². The number of rotatable bonds is 4. The molecular weight excluding hydrogens is 326 g/mol. The van der Waals surface area contributed by atoms with E-state index in [1.165, 1.54) is 6.07 Å². The summed E-state index contributed by atoms with van der Waals surface area (Å²) in [6.07, 6.45) is 0. The Kier molecular flexibility index (Phi) is 4.87. The maximum absolute atomic E-state index is 13.4. The maximum atomic E-state index is 13.4. The van der Waals surface area contributed by atoms with E-state index in [4.69, 9.17) is 16.3 Å². The molecule has 8 heteroatoms. The van der Waals surface area contributed by atoms with Gasteiger partial charge in [-0.1, -0.05) is 11.6 Å². The van der Waals surface area contributed by atoms with Gasteiger partial charge in [-0.3, -0.25) is 4.79 Å². The second kappa shape index (κ2) is 6.65. The summed E-state index contributed by atoms with van der Waals surface area (Å²) in [7, 11) is 0. The molecule has 0 aliphatic rings. The van der Waals surface area contributed by atoms with Crippen LogP contribution < -0.4 is 10.1 Å². The molecule has 0 saturated carbocycles. The number of carbonyl (C=O) groups excluding carboxylic acids is 1. The third-order valence-corrected chi connectivity index (χ3v) is 2.86. The Morgan fingerprint density at radius 1 is 1.09 bits per heavy atom. The van der Waals surface area contributed by atoms with Gasteiger partial charge < -0.3 is 10.1 Å². The summed E-state index contributed by atoms with van der Waals surface area (Å²) in [6, 6.07) is 4.82. The largest absolute Gasteiger partial charge is 0.482 e. The Bertz CT molecular complexity index is 724. The van der Waals surface area contributed by atoms with E-state index >= 15 is 0 Å². The number of anilines is 1. The third kappa shape index (κ3) is 3.67. The zero-order valence-electron chi connectivity index (χ0n) is 10.8. The molecular formula is C14H8ClF4NO2. The number of halogens is 5. The SMILES string of the molecule is O=C(COc1ccc(F)cc1Cl)Nc1ccc(F)c(F)c1F. The highest BCUT2D eigenvalue weighted by molar-refractivity contribution is 6.32. The molecule has 0 saturated heterocycles. The van der Waals surface area contributed by atoms with Crippen molar-refractivity contribution < 1.29 is 27.1 Å². The lowest BCUT2D eigenvalue weighted by molar-refractivity contribution is -0.118. The fourth-order valence-corrected chi connectivity index (χ4v) is 1.77. The fraction of sp³-hybridized carbons (Fsp3) is 0.0714. The molecule has 0 spiro atoms. The Hall–Kier alpha value is -2.28. The lowest BCUT2D eigenvalue weighted by Crippen LogP contribution is -2.21. The van der Waals surface area contributed by atoms with Crippen LogP contribution in [0.5, 0.6) is 5.75 Å². The minimum atomic E-state index is -1.69. The van der Waals surface area contributed by atoms with Crippen LogP contribution >= 0.6 is 11.6 Å². The lowest BCUT2D eigenvalue weighted by Gasteiger charge is -2.09. The average molecular weight is 334 g/mol. The summed E-state index contributed by atoms with van der Waals surface area (Å²) < 4.78 is 56.9. The highest BCUT2D eigenvalue weighted by Crippen LogP contribution is 2.25. The van der Waals surface area contributed by atoms with Crippen molar-refractivity contribution in [2.75, 3.05) is 11.9 Å². The van der Waals surface area contributed by atoms with Gasteiger partial charge in [0, 0.05) is 0 Å². The van der Waals surface area contributed by atoms with Crippen molar-refractivity contribution in [1.29, 1.82) is 0 Å². The molecule has 0 heterocycles. The van der Waals surface area contributed by atoms with Crippen molar-refractivity contribution >= 4 is 23.2 Å².